The van der Waals surface area contributed by atoms with Crippen molar-refractivity contribution in [1.82, 2.24) is 15.5 Å². The van der Waals surface area contributed by atoms with Gasteiger partial charge in [-0.2, -0.15) is 5.10 Å². The Bertz CT molecular complexity index is 1310. The number of hydrazone groups is 1. The number of anilines is 1. The standard InChI is InChI=1S/C34H42N6O3/c1-25(19-22-41)38-39-29-16-14-28(15-17-29)33(42)36-23-30-18-21-40(34(43)32(37-30)13-8-20-35)24-31(26-9-4-2-5-10-26)27-11-6-3-7-12-27/h2-7,9-12,14-17,22,30-32,37,39H,8,13,18-21,23-24,35H2,1H3,(H,36,42)/b38-25-/t30-,32-/m0/s1. The molecule has 0 aromatic heterocycles. The van der Waals surface area contributed by atoms with Gasteiger partial charge in [0, 0.05) is 49.3 Å². The van der Waals surface area contributed by atoms with Gasteiger partial charge in [-0.25, -0.2) is 0 Å². The summed E-state index contributed by atoms with van der Waals surface area (Å²) in [4.78, 5) is 39.4. The summed E-state index contributed by atoms with van der Waals surface area (Å²) in [6, 6.07) is 27.2. The molecule has 4 rings (SSSR count). The van der Waals surface area contributed by atoms with Gasteiger partial charge in [0.2, 0.25) is 5.91 Å². The van der Waals surface area contributed by atoms with E-state index >= 15 is 0 Å². The molecule has 3 aromatic rings. The number of carbonyl (C=O) groups excluding carboxylic acids is 3. The van der Waals surface area contributed by atoms with Gasteiger partial charge in [-0.1, -0.05) is 60.7 Å². The zero-order valence-corrected chi connectivity index (χ0v) is 24.7. The van der Waals surface area contributed by atoms with Crippen molar-refractivity contribution < 1.29 is 14.4 Å². The molecule has 2 atom stereocenters. The summed E-state index contributed by atoms with van der Waals surface area (Å²) in [5, 5.41) is 10.7. The van der Waals surface area contributed by atoms with E-state index in [0.717, 1.165) is 18.4 Å². The zero-order chi connectivity index (χ0) is 30.4. The SMILES string of the molecule is C/C(CC=O)=N/Nc1ccc(C(=O)NC[C@@H]2CCN(CC(c3ccccc3)c3ccccc3)C(=O)[C@H](CCCN)N2)cc1. The van der Waals surface area contributed by atoms with Gasteiger partial charge < -0.3 is 26.1 Å². The Hall–Kier alpha value is -4.34. The lowest BCUT2D eigenvalue weighted by Gasteiger charge is -2.29. The van der Waals surface area contributed by atoms with Gasteiger partial charge in [0.25, 0.3) is 5.91 Å². The van der Waals surface area contributed by atoms with Crippen LogP contribution < -0.4 is 21.8 Å². The number of nitrogens with zero attached hydrogens (tertiary/aromatic N) is 2. The molecule has 1 fully saturated rings. The largest absolute Gasteiger partial charge is 0.350 e. The van der Waals surface area contributed by atoms with E-state index in [-0.39, 0.29) is 36.2 Å². The van der Waals surface area contributed by atoms with Crippen molar-refractivity contribution in [2.75, 3.05) is 31.6 Å². The molecule has 3 aromatic carbocycles. The fourth-order valence-electron chi connectivity index (χ4n) is 5.29. The fraction of sp³-hybridized carbons (Fsp3) is 0.353. The molecule has 9 heteroatoms. The molecule has 1 heterocycles. The number of nitrogens with one attached hydrogen (secondary N) is 3. The molecule has 0 spiro atoms. The van der Waals surface area contributed by atoms with Crippen LogP contribution in [0.3, 0.4) is 0 Å². The average Bonchev–Trinajstić information content (AvgIpc) is 3.19. The van der Waals surface area contributed by atoms with E-state index in [9.17, 15) is 14.4 Å². The first kappa shape index (κ1) is 31.6. The number of carbonyl (C=O) groups is 3. The highest BCUT2D eigenvalue weighted by Gasteiger charge is 2.32. The van der Waals surface area contributed by atoms with Crippen molar-refractivity contribution in [3.63, 3.8) is 0 Å². The lowest BCUT2D eigenvalue weighted by Crippen LogP contribution is -2.49. The number of amides is 2. The van der Waals surface area contributed by atoms with E-state index in [1.165, 1.54) is 11.1 Å². The number of aldehydes is 1. The lowest BCUT2D eigenvalue weighted by atomic mass is 9.90. The Balaban J connectivity index is 1.41. The normalized spacial score (nSPS) is 17.4. The maximum absolute atomic E-state index is 13.8. The van der Waals surface area contributed by atoms with Crippen LogP contribution in [0, 0.1) is 0 Å². The van der Waals surface area contributed by atoms with Crippen LogP contribution in [0.25, 0.3) is 0 Å². The Kier molecular flexibility index (Phi) is 12.0. The Morgan fingerprint density at radius 2 is 1.70 bits per heavy atom. The minimum atomic E-state index is -0.367. The van der Waals surface area contributed by atoms with E-state index in [2.05, 4.69) is 45.4 Å². The zero-order valence-electron chi connectivity index (χ0n) is 24.7. The van der Waals surface area contributed by atoms with Crippen molar-refractivity contribution in [1.29, 1.82) is 0 Å². The van der Waals surface area contributed by atoms with Crippen LogP contribution in [0.2, 0.25) is 0 Å². The molecule has 43 heavy (non-hydrogen) atoms. The van der Waals surface area contributed by atoms with Gasteiger partial charge in [0.1, 0.15) is 6.29 Å². The number of nitrogens with two attached hydrogens (primary N) is 1. The second kappa shape index (κ2) is 16.3. The van der Waals surface area contributed by atoms with Crippen LogP contribution >= 0.6 is 0 Å². The second-order valence-electron chi connectivity index (χ2n) is 10.9. The number of benzene rings is 3. The van der Waals surface area contributed by atoms with Crippen molar-refractivity contribution in [3.05, 3.63) is 102 Å². The van der Waals surface area contributed by atoms with Gasteiger partial charge in [0.05, 0.1) is 11.7 Å². The highest BCUT2D eigenvalue weighted by Crippen LogP contribution is 2.27. The first-order chi connectivity index (χ1) is 21.0. The van der Waals surface area contributed by atoms with Crippen LogP contribution in [0.1, 0.15) is 60.0 Å². The third-order valence-corrected chi connectivity index (χ3v) is 7.71. The van der Waals surface area contributed by atoms with Crippen LogP contribution in [0.5, 0.6) is 0 Å². The molecule has 0 saturated carbocycles. The monoisotopic (exact) mass is 582 g/mol. The van der Waals surface area contributed by atoms with Crippen LogP contribution in [-0.4, -0.2) is 67.0 Å². The van der Waals surface area contributed by atoms with E-state index in [1.807, 2.05) is 41.3 Å². The third kappa shape index (κ3) is 9.33. The first-order valence-corrected chi connectivity index (χ1v) is 14.9. The molecule has 2 amide bonds. The molecular weight excluding hydrogens is 540 g/mol. The minimum Gasteiger partial charge on any atom is -0.350 e. The minimum absolute atomic E-state index is 0.0508. The number of hydrogen-bond donors (Lipinski definition) is 4. The van der Waals surface area contributed by atoms with E-state index in [4.69, 9.17) is 5.73 Å². The molecule has 0 aliphatic carbocycles. The second-order valence-corrected chi connectivity index (χ2v) is 10.9. The molecule has 226 valence electrons. The lowest BCUT2D eigenvalue weighted by molar-refractivity contribution is -0.133. The predicted molar refractivity (Wildman–Crippen MR) is 171 cm³/mol. The first-order valence-electron chi connectivity index (χ1n) is 14.9. The smallest absolute Gasteiger partial charge is 0.251 e. The summed E-state index contributed by atoms with van der Waals surface area (Å²) in [6.07, 6.45) is 3.15. The fourth-order valence-corrected chi connectivity index (χ4v) is 5.29. The summed E-state index contributed by atoms with van der Waals surface area (Å²) in [7, 11) is 0. The molecule has 1 saturated heterocycles. The molecule has 0 unspecified atom stereocenters. The molecular formula is C34H42N6O3. The van der Waals surface area contributed by atoms with E-state index in [0.29, 0.717) is 50.3 Å². The predicted octanol–water partition coefficient (Wildman–Crippen LogP) is 3.92. The molecule has 0 bridgehead atoms. The number of hydrogen-bond acceptors (Lipinski definition) is 7. The van der Waals surface area contributed by atoms with Crippen LogP contribution in [-0.2, 0) is 9.59 Å². The molecule has 0 radical (unpaired) electrons. The van der Waals surface area contributed by atoms with Gasteiger partial charge in [-0.05, 0) is 68.1 Å². The summed E-state index contributed by atoms with van der Waals surface area (Å²) in [5.41, 5.74) is 13.0. The van der Waals surface area contributed by atoms with Gasteiger partial charge in [0.15, 0.2) is 0 Å². The Morgan fingerprint density at radius 1 is 1.05 bits per heavy atom. The summed E-state index contributed by atoms with van der Waals surface area (Å²) in [6.45, 7) is 3.84. The highest BCUT2D eigenvalue weighted by atomic mass is 16.2. The van der Waals surface area contributed by atoms with E-state index in [1.54, 1.807) is 31.2 Å². The van der Waals surface area contributed by atoms with Gasteiger partial charge in [-0.3, -0.25) is 15.0 Å². The van der Waals surface area contributed by atoms with Gasteiger partial charge >= 0.3 is 0 Å². The topological polar surface area (TPSA) is 129 Å². The maximum atomic E-state index is 13.8. The van der Waals surface area contributed by atoms with Crippen molar-refractivity contribution in [3.8, 4) is 0 Å². The van der Waals surface area contributed by atoms with Crippen molar-refractivity contribution >= 4 is 29.5 Å². The summed E-state index contributed by atoms with van der Waals surface area (Å²) >= 11 is 0. The maximum Gasteiger partial charge on any atom is 0.251 e. The summed E-state index contributed by atoms with van der Waals surface area (Å²) in [5.74, 6) is -0.0590. The Labute approximate surface area is 253 Å². The van der Waals surface area contributed by atoms with Crippen LogP contribution in [0.15, 0.2) is 90.0 Å². The summed E-state index contributed by atoms with van der Waals surface area (Å²) < 4.78 is 0. The third-order valence-electron chi connectivity index (χ3n) is 7.71. The highest BCUT2D eigenvalue weighted by molar-refractivity contribution is 5.95. The molecule has 9 nitrogen and oxygen atoms in total. The van der Waals surface area contributed by atoms with Crippen LogP contribution in [0.4, 0.5) is 5.69 Å². The van der Waals surface area contributed by atoms with E-state index < -0.39 is 0 Å². The average molecular weight is 583 g/mol. The van der Waals surface area contributed by atoms with Gasteiger partial charge in [-0.15, -0.1) is 0 Å². The number of rotatable bonds is 14. The quantitative estimate of drug-likeness (QED) is 0.130. The Morgan fingerprint density at radius 3 is 2.30 bits per heavy atom. The van der Waals surface area contributed by atoms with Crippen molar-refractivity contribution in [2.24, 2.45) is 10.8 Å². The molecule has 5 N–H and O–H groups in total. The van der Waals surface area contributed by atoms with Crippen molar-refractivity contribution in [2.45, 2.75) is 50.6 Å². The molecule has 1 aliphatic rings. The molecule has 1 aliphatic heterocycles.